The van der Waals surface area contributed by atoms with Gasteiger partial charge >= 0.3 is 0 Å². The summed E-state index contributed by atoms with van der Waals surface area (Å²) in [5.41, 5.74) is 4.80. The number of hydrogen-bond acceptors (Lipinski definition) is 2. The Morgan fingerprint density at radius 3 is 2.47 bits per heavy atom. The molecule has 0 atom stereocenters. The predicted molar refractivity (Wildman–Crippen MR) is 74.9 cm³/mol. The molecule has 2 nitrogen and oxygen atoms in total. The van der Waals surface area contributed by atoms with Crippen LogP contribution < -0.4 is 4.90 Å². The van der Waals surface area contributed by atoms with Crippen molar-refractivity contribution in [1.29, 1.82) is 0 Å². The molecule has 0 aliphatic carbocycles. The fourth-order valence-corrected chi connectivity index (χ4v) is 2.21. The third-order valence-electron chi connectivity index (χ3n) is 3.08. The van der Waals surface area contributed by atoms with Crippen LogP contribution in [-0.2, 0) is 0 Å². The number of rotatable bonds is 2. The normalized spacial score (nSPS) is 11.2. The van der Waals surface area contributed by atoms with Gasteiger partial charge in [0.15, 0.2) is 0 Å². The van der Waals surface area contributed by atoms with E-state index in [-0.39, 0.29) is 0 Å². The molecule has 0 aliphatic rings. The number of para-hydroxylation sites is 1. The van der Waals surface area contributed by atoms with Crippen LogP contribution in [0.2, 0.25) is 0 Å². The topological polar surface area (TPSA) is 16.1 Å². The van der Waals surface area contributed by atoms with E-state index in [0.29, 0.717) is 5.92 Å². The number of benzene rings is 1. The predicted octanol–water partition coefficient (Wildman–Crippen LogP) is 3.73. The third-order valence-corrected chi connectivity index (χ3v) is 3.08. The summed E-state index contributed by atoms with van der Waals surface area (Å²) >= 11 is 0. The van der Waals surface area contributed by atoms with Crippen molar-refractivity contribution in [2.45, 2.75) is 26.7 Å². The molecule has 1 heterocycles. The first-order valence-electron chi connectivity index (χ1n) is 6.08. The summed E-state index contributed by atoms with van der Waals surface area (Å²) in [4.78, 5) is 6.87. The van der Waals surface area contributed by atoms with Gasteiger partial charge in [0, 0.05) is 30.9 Å². The number of anilines is 1. The van der Waals surface area contributed by atoms with Gasteiger partial charge in [-0.25, -0.2) is 0 Å². The van der Waals surface area contributed by atoms with E-state index in [9.17, 15) is 0 Å². The zero-order chi connectivity index (χ0) is 12.6. The first kappa shape index (κ1) is 11.9. The van der Waals surface area contributed by atoms with Gasteiger partial charge in [-0.1, -0.05) is 32.0 Å². The Balaban J connectivity index is 2.83. The van der Waals surface area contributed by atoms with Crippen molar-refractivity contribution in [3.05, 3.63) is 35.5 Å². The van der Waals surface area contributed by atoms with Gasteiger partial charge in [-0.05, 0) is 24.5 Å². The summed E-state index contributed by atoms with van der Waals surface area (Å²) in [5, 5.41) is 1.24. The van der Waals surface area contributed by atoms with Crippen LogP contribution in [-0.4, -0.2) is 19.1 Å². The van der Waals surface area contributed by atoms with E-state index in [1.807, 2.05) is 0 Å². The zero-order valence-corrected chi connectivity index (χ0v) is 11.3. The van der Waals surface area contributed by atoms with Crippen molar-refractivity contribution in [3.63, 3.8) is 0 Å². The van der Waals surface area contributed by atoms with E-state index in [2.05, 4.69) is 64.0 Å². The third kappa shape index (κ3) is 2.12. The maximum atomic E-state index is 4.71. The van der Waals surface area contributed by atoms with Gasteiger partial charge in [0.2, 0.25) is 0 Å². The van der Waals surface area contributed by atoms with Crippen LogP contribution in [0.1, 0.15) is 31.0 Å². The van der Waals surface area contributed by atoms with E-state index in [4.69, 9.17) is 4.98 Å². The monoisotopic (exact) mass is 228 g/mol. The van der Waals surface area contributed by atoms with Crippen LogP contribution in [0.15, 0.2) is 24.3 Å². The molecule has 1 aromatic carbocycles. The second-order valence-electron chi connectivity index (χ2n) is 5.08. The Bertz CT molecular complexity index is 542. The lowest BCUT2D eigenvalue weighted by Gasteiger charge is -2.18. The molecule has 0 N–H and O–H groups in total. The number of pyridine rings is 1. The van der Waals surface area contributed by atoms with Crippen molar-refractivity contribution in [2.24, 2.45) is 0 Å². The molecule has 90 valence electrons. The summed E-state index contributed by atoms with van der Waals surface area (Å²) < 4.78 is 0. The summed E-state index contributed by atoms with van der Waals surface area (Å²) in [7, 11) is 4.16. The fourth-order valence-electron chi connectivity index (χ4n) is 2.21. The fraction of sp³-hybridized carbons (Fsp3) is 0.400. The van der Waals surface area contributed by atoms with E-state index in [0.717, 1.165) is 11.2 Å². The molecule has 2 heteroatoms. The van der Waals surface area contributed by atoms with E-state index >= 15 is 0 Å². The number of aromatic nitrogens is 1. The van der Waals surface area contributed by atoms with Crippen LogP contribution in [0.25, 0.3) is 10.9 Å². The molecule has 0 saturated heterocycles. The molecule has 0 spiro atoms. The Kier molecular flexibility index (Phi) is 3.05. The van der Waals surface area contributed by atoms with Gasteiger partial charge in [-0.2, -0.15) is 0 Å². The highest BCUT2D eigenvalue weighted by molar-refractivity contribution is 5.94. The van der Waals surface area contributed by atoms with E-state index in [1.165, 1.54) is 16.6 Å². The minimum Gasteiger partial charge on any atom is -0.377 e. The summed E-state index contributed by atoms with van der Waals surface area (Å²) in [6.45, 7) is 6.49. The Morgan fingerprint density at radius 1 is 1.18 bits per heavy atom. The number of fused-ring (bicyclic) bond motifs is 1. The van der Waals surface area contributed by atoms with Crippen LogP contribution in [0.5, 0.6) is 0 Å². The molecular formula is C15H20N2. The van der Waals surface area contributed by atoms with Crippen molar-refractivity contribution in [1.82, 2.24) is 4.98 Å². The molecule has 17 heavy (non-hydrogen) atoms. The highest BCUT2D eigenvalue weighted by Crippen LogP contribution is 2.30. The zero-order valence-electron chi connectivity index (χ0n) is 11.3. The second-order valence-corrected chi connectivity index (χ2v) is 5.08. The van der Waals surface area contributed by atoms with Gasteiger partial charge in [0.05, 0.1) is 5.52 Å². The van der Waals surface area contributed by atoms with Crippen LogP contribution in [0.3, 0.4) is 0 Å². The highest BCUT2D eigenvalue weighted by Gasteiger charge is 2.11. The molecule has 0 fully saturated rings. The van der Waals surface area contributed by atoms with E-state index in [1.54, 1.807) is 0 Å². The molecule has 2 rings (SSSR count). The SMILES string of the molecule is Cc1cc(N(C)C)c2cccc(C(C)C)c2n1. The number of nitrogens with zero attached hydrogens (tertiary/aromatic N) is 2. The lowest BCUT2D eigenvalue weighted by Crippen LogP contribution is -2.10. The van der Waals surface area contributed by atoms with Crippen molar-refractivity contribution >= 4 is 16.6 Å². The van der Waals surface area contributed by atoms with Crippen LogP contribution in [0.4, 0.5) is 5.69 Å². The molecule has 0 aliphatic heterocycles. The Morgan fingerprint density at radius 2 is 1.88 bits per heavy atom. The summed E-state index contributed by atoms with van der Waals surface area (Å²) in [6, 6.07) is 8.61. The molecule has 0 amide bonds. The van der Waals surface area contributed by atoms with Crippen molar-refractivity contribution < 1.29 is 0 Å². The summed E-state index contributed by atoms with van der Waals surface area (Å²) in [6.07, 6.45) is 0. The Labute approximate surface area is 103 Å². The average molecular weight is 228 g/mol. The largest absolute Gasteiger partial charge is 0.377 e. The molecule has 0 bridgehead atoms. The van der Waals surface area contributed by atoms with E-state index < -0.39 is 0 Å². The Hall–Kier alpha value is -1.57. The van der Waals surface area contributed by atoms with Gasteiger partial charge in [-0.15, -0.1) is 0 Å². The van der Waals surface area contributed by atoms with Gasteiger partial charge in [-0.3, -0.25) is 4.98 Å². The lowest BCUT2D eigenvalue weighted by atomic mass is 9.98. The minimum absolute atomic E-state index is 0.503. The van der Waals surface area contributed by atoms with Crippen LogP contribution in [0, 0.1) is 6.92 Å². The highest BCUT2D eigenvalue weighted by atomic mass is 15.1. The van der Waals surface area contributed by atoms with Gasteiger partial charge in [0.1, 0.15) is 0 Å². The molecule has 0 saturated carbocycles. The second kappa shape index (κ2) is 4.36. The van der Waals surface area contributed by atoms with Gasteiger partial charge < -0.3 is 4.90 Å². The van der Waals surface area contributed by atoms with Crippen LogP contribution >= 0.6 is 0 Å². The first-order chi connectivity index (χ1) is 8.00. The smallest absolute Gasteiger partial charge is 0.0760 e. The maximum Gasteiger partial charge on any atom is 0.0760 e. The number of aryl methyl sites for hydroxylation is 1. The quantitative estimate of drug-likeness (QED) is 0.778. The standard InChI is InChI=1S/C15H20N2/c1-10(2)12-7-6-8-13-14(17(4)5)9-11(3)16-15(12)13/h6-10H,1-5H3. The van der Waals surface area contributed by atoms with Gasteiger partial charge in [0.25, 0.3) is 0 Å². The van der Waals surface area contributed by atoms with Crippen molar-refractivity contribution in [2.75, 3.05) is 19.0 Å². The first-order valence-corrected chi connectivity index (χ1v) is 6.08. The van der Waals surface area contributed by atoms with Crippen molar-refractivity contribution in [3.8, 4) is 0 Å². The summed E-state index contributed by atoms with van der Waals surface area (Å²) in [5.74, 6) is 0.503. The minimum atomic E-state index is 0.503. The molecule has 0 radical (unpaired) electrons. The number of hydrogen-bond donors (Lipinski definition) is 0. The molecule has 0 unspecified atom stereocenters. The average Bonchev–Trinajstić information content (AvgIpc) is 2.26. The molecular weight excluding hydrogens is 208 g/mol. The lowest BCUT2D eigenvalue weighted by molar-refractivity contribution is 0.872. The molecule has 1 aromatic heterocycles. The maximum absolute atomic E-state index is 4.71. The molecule has 2 aromatic rings.